The lowest BCUT2D eigenvalue weighted by atomic mass is 10.1. The van der Waals surface area contributed by atoms with Crippen LogP contribution in [-0.4, -0.2) is 21.1 Å². The zero-order chi connectivity index (χ0) is 18.1. The normalized spacial score (nSPS) is 11.5. The molecule has 1 amide bonds. The van der Waals surface area contributed by atoms with Crippen LogP contribution in [0, 0.1) is 5.82 Å². The molecule has 9 heteroatoms. The molecule has 0 aliphatic heterocycles. The van der Waals surface area contributed by atoms with Crippen molar-refractivity contribution in [2.45, 2.75) is 6.42 Å². The number of aromatic hydroxyl groups is 2. The number of nitrogens with zero attached hydrogens (tertiary/aromatic N) is 2. The summed E-state index contributed by atoms with van der Waals surface area (Å²) in [5, 5.41) is 27.3. The van der Waals surface area contributed by atoms with Gasteiger partial charge < -0.3 is 15.2 Å². The Balaban J connectivity index is 1.88. The number of amides is 1. The first-order valence-corrected chi connectivity index (χ1v) is 7.73. The predicted molar refractivity (Wildman–Crippen MR) is 91.3 cm³/mol. The number of carbonyl (C=O) groups is 1. The predicted octanol–water partition coefficient (Wildman–Crippen LogP) is 4.88. The van der Waals surface area contributed by atoms with Gasteiger partial charge in [-0.15, -0.1) is 10.2 Å². The Morgan fingerprint density at radius 1 is 1.16 bits per heavy atom. The molecule has 3 aromatic rings. The summed E-state index contributed by atoms with van der Waals surface area (Å²) in [6.45, 7) is 0. The van der Waals surface area contributed by atoms with Crippen molar-refractivity contribution in [1.29, 1.82) is 0 Å². The van der Waals surface area contributed by atoms with Crippen molar-refractivity contribution in [3.63, 3.8) is 0 Å². The molecule has 0 unspecified atom stereocenters. The Morgan fingerprint density at radius 3 is 2.60 bits per heavy atom. The summed E-state index contributed by atoms with van der Waals surface area (Å²) < 4.78 is 13.3. The Morgan fingerprint density at radius 2 is 1.88 bits per heavy atom. The van der Waals surface area contributed by atoms with Crippen LogP contribution < -0.4 is 0 Å². The van der Waals surface area contributed by atoms with Gasteiger partial charge in [-0.3, -0.25) is 4.79 Å². The van der Waals surface area contributed by atoms with Crippen molar-refractivity contribution >= 4 is 45.7 Å². The highest BCUT2D eigenvalue weighted by atomic mass is 35.5. The van der Waals surface area contributed by atoms with Crippen LogP contribution in [0.25, 0.3) is 10.9 Å². The van der Waals surface area contributed by atoms with Gasteiger partial charge >= 0.3 is 0 Å². The van der Waals surface area contributed by atoms with Crippen molar-refractivity contribution < 1.29 is 19.4 Å². The van der Waals surface area contributed by atoms with Crippen molar-refractivity contribution in [1.82, 2.24) is 4.98 Å². The van der Waals surface area contributed by atoms with Crippen molar-refractivity contribution in [3.8, 4) is 11.6 Å². The van der Waals surface area contributed by atoms with Crippen LogP contribution >= 0.6 is 23.2 Å². The maximum atomic E-state index is 13.3. The topological polar surface area (TPSA) is 98.0 Å². The van der Waals surface area contributed by atoms with E-state index in [9.17, 15) is 14.3 Å². The van der Waals surface area contributed by atoms with Gasteiger partial charge in [0.1, 0.15) is 0 Å². The zero-order valence-electron chi connectivity index (χ0n) is 12.4. The second-order valence-electron chi connectivity index (χ2n) is 5.16. The zero-order valence-corrected chi connectivity index (χ0v) is 13.9. The van der Waals surface area contributed by atoms with Gasteiger partial charge in [0, 0.05) is 0 Å². The molecule has 0 saturated heterocycles. The Labute approximate surface area is 150 Å². The molecule has 128 valence electrons. The molecule has 0 saturated carbocycles. The van der Waals surface area contributed by atoms with Gasteiger partial charge in [-0.1, -0.05) is 29.3 Å². The van der Waals surface area contributed by atoms with Crippen LogP contribution in [0.1, 0.15) is 5.56 Å². The van der Waals surface area contributed by atoms with Crippen LogP contribution in [0.4, 0.5) is 10.1 Å². The average molecular weight is 382 g/mol. The fraction of sp³-hybridized carbons (Fsp3) is 0.0625. The molecule has 3 N–H and O–H groups in total. The van der Waals surface area contributed by atoms with Crippen LogP contribution in [0.3, 0.4) is 0 Å². The molecular formula is C16H10Cl2FN3O3. The van der Waals surface area contributed by atoms with E-state index in [4.69, 9.17) is 28.3 Å². The number of phenols is 1. The SMILES string of the molecule is O=C(Cc1ccc(O)c(F)c1)N=Nc1c(O)[nH]c2c(Cl)ccc(Cl)c12. The van der Waals surface area contributed by atoms with Crippen LogP contribution in [0.15, 0.2) is 40.6 Å². The Hall–Kier alpha value is -2.64. The molecule has 0 bridgehead atoms. The Bertz CT molecular complexity index is 1020. The molecule has 25 heavy (non-hydrogen) atoms. The van der Waals surface area contributed by atoms with Gasteiger partial charge in [-0.2, -0.15) is 0 Å². The summed E-state index contributed by atoms with van der Waals surface area (Å²) in [6, 6.07) is 6.64. The highest BCUT2D eigenvalue weighted by Crippen LogP contribution is 2.42. The highest BCUT2D eigenvalue weighted by Gasteiger charge is 2.16. The number of nitrogens with one attached hydrogen (secondary N) is 1. The number of aromatic amines is 1. The lowest BCUT2D eigenvalue weighted by Crippen LogP contribution is -1.98. The molecule has 0 radical (unpaired) electrons. The van der Waals surface area contributed by atoms with E-state index in [-0.39, 0.29) is 23.0 Å². The van der Waals surface area contributed by atoms with Crippen LogP contribution in [0.2, 0.25) is 10.0 Å². The summed E-state index contributed by atoms with van der Waals surface area (Å²) in [5.74, 6) is -2.35. The monoisotopic (exact) mass is 381 g/mol. The first-order valence-electron chi connectivity index (χ1n) is 6.97. The summed E-state index contributed by atoms with van der Waals surface area (Å²) in [4.78, 5) is 14.5. The van der Waals surface area contributed by atoms with E-state index in [2.05, 4.69) is 15.2 Å². The molecule has 0 aliphatic rings. The maximum Gasteiger partial charge on any atom is 0.269 e. The maximum absolute atomic E-state index is 13.3. The number of fused-ring (bicyclic) bond motifs is 1. The number of hydrogen-bond donors (Lipinski definition) is 3. The molecule has 1 aromatic heterocycles. The molecular weight excluding hydrogens is 372 g/mol. The second kappa shape index (κ2) is 6.70. The van der Waals surface area contributed by atoms with Gasteiger partial charge in [0.25, 0.3) is 5.91 Å². The Kier molecular flexibility index (Phi) is 4.61. The standard InChI is InChI=1S/C16H10Cl2FN3O3/c17-8-2-3-9(18)14-13(8)15(16(25)20-14)22-21-12(24)6-7-1-4-11(23)10(19)5-7/h1-5,20,23,25H,6H2. The number of carbonyl (C=O) groups excluding carboxylic acids is 1. The van der Waals surface area contributed by atoms with E-state index in [0.29, 0.717) is 21.5 Å². The number of halogens is 3. The van der Waals surface area contributed by atoms with Crippen LogP contribution in [-0.2, 0) is 11.2 Å². The number of phenolic OH excluding ortho intramolecular Hbond substituents is 1. The average Bonchev–Trinajstić information content (AvgIpc) is 2.90. The van der Waals surface area contributed by atoms with E-state index in [0.717, 1.165) is 12.1 Å². The third kappa shape index (κ3) is 3.42. The van der Waals surface area contributed by atoms with E-state index in [1.807, 2.05) is 0 Å². The largest absolute Gasteiger partial charge is 0.505 e. The van der Waals surface area contributed by atoms with E-state index >= 15 is 0 Å². The van der Waals surface area contributed by atoms with Crippen molar-refractivity contribution in [2.24, 2.45) is 10.2 Å². The summed E-state index contributed by atoms with van der Waals surface area (Å²) >= 11 is 12.1. The third-order valence-electron chi connectivity index (χ3n) is 3.44. The van der Waals surface area contributed by atoms with Crippen molar-refractivity contribution in [3.05, 3.63) is 51.8 Å². The molecule has 0 atom stereocenters. The highest BCUT2D eigenvalue weighted by molar-refractivity contribution is 6.41. The second-order valence-corrected chi connectivity index (χ2v) is 5.97. The molecule has 0 spiro atoms. The number of aromatic nitrogens is 1. The fourth-order valence-corrected chi connectivity index (χ4v) is 2.73. The first-order chi connectivity index (χ1) is 11.9. The van der Waals surface area contributed by atoms with Crippen LogP contribution in [0.5, 0.6) is 11.6 Å². The molecule has 0 fully saturated rings. The molecule has 1 heterocycles. The van der Waals surface area contributed by atoms with Crippen molar-refractivity contribution in [2.75, 3.05) is 0 Å². The number of azo groups is 1. The summed E-state index contributed by atoms with van der Waals surface area (Å²) in [6.07, 6.45) is -0.224. The quantitative estimate of drug-likeness (QED) is 0.563. The third-order valence-corrected chi connectivity index (χ3v) is 4.07. The number of H-pyrrole nitrogens is 1. The number of benzene rings is 2. The molecule has 6 nitrogen and oxygen atoms in total. The summed E-state index contributed by atoms with van der Waals surface area (Å²) in [5.41, 5.74) is 0.671. The number of hydrogen-bond acceptors (Lipinski definition) is 4. The van der Waals surface area contributed by atoms with Gasteiger partial charge in [0.15, 0.2) is 17.3 Å². The first kappa shape index (κ1) is 17.2. The lowest BCUT2D eigenvalue weighted by molar-refractivity contribution is -0.117. The number of rotatable bonds is 3. The fourth-order valence-electron chi connectivity index (χ4n) is 2.28. The van der Waals surface area contributed by atoms with Gasteiger partial charge in [0.2, 0.25) is 5.88 Å². The minimum atomic E-state index is -0.835. The van der Waals surface area contributed by atoms with E-state index in [1.54, 1.807) is 6.07 Å². The molecule has 0 aliphatic carbocycles. The lowest BCUT2D eigenvalue weighted by Gasteiger charge is -1.99. The minimum Gasteiger partial charge on any atom is -0.505 e. The van der Waals surface area contributed by atoms with Gasteiger partial charge in [-0.25, -0.2) is 4.39 Å². The molecule has 2 aromatic carbocycles. The summed E-state index contributed by atoms with van der Waals surface area (Å²) in [7, 11) is 0. The van der Waals surface area contributed by atoms with Gasteiger partial charge in [-0.05, 0) is 29.8 Å². The molecule has 3 rings (SSSR count). The van der Waals surface area contributed by atoms with Gasteiger partial charge in [0.05, 0.1) is 27.4 Å². The van der Waals surface area contributed by atoms with E-state index < -0.39 is 17.5 Å². The minimum absolute atomic E-state index is 0.0206. The smallest absolute Gasteiger partial charge is 0.269 e. The van der Waals surface area contributed by atoms with E-state index in [1.165, 1.54) is 12.1 Å².